The van der Waals surface area contributed by atoms with Crippen LogP contribution in [0.3, 0.4) is 0 Å². The van der Waals surface area contributed by atoms with E-state index in [2.05, 4.69) is 88.7 Å². The van der Waals surface area contributed by atoms with Crippen molar-refractivity contribution in [3.05, 3.63) is 89.2 Å². The molecule has 6 rings (SSSR count). The molecule has 3 aromatic rings. The molecule has 2 N–H and O–H groups in total. The Morgan fingerprint density at radius 1 is 0.781 bits per heavy atom. The zero-order valence-corrected chi connectivity index (χ0v) is 17.8. The minimum absolute atomic E-state index is 0.896. The van der Waals surface area contributed by atoms with Crippen LogP contribution in [0.2, 0.25) is 0 Å². The van der Waals surface area contributed by atoms with Crippen LogP contribution in [0.4, 0.5) is 0 Å². The predicted octanol–water partition coefficient (Wildman–Crippen LogP) is 5.89. The van der Waals surface area contributed by atoms with Crippen LogP contribution in [0.1, 0.15) is 35.3 Å². The fraction of sp³-hybridized carbons (Fsp3) is 0.111. The van der Waals surface area contributed by atoms with Crippen molar-refractivity contribution in [2.24, 2.45) is 0 Å². The molecule has 6 heterocycles. The number of hydrogen-bond acceptors (Lipinski definition) is 3. The molecule has 0 atom stereocenters. The van der Waals surface area contributed by atoms with Gasteiger partial charge in [-0.05, 0) is 91.5 Å². The third-order valence-electron chi connectivity index (χ3n) is 5.93. The van der Waals surface area contributed by atoms with Gasteiger partial charge in [0.15, 0.2) is 0 Å². The Balaban J connectivity index is 1.64. The van der Waals surface area contributed by atoms with E-state index >= 15 is 0 Å². The van der Waals surface area contributed by atoms with E-state index in [9.17, 15) is 0 Å². The molecule has 0 aliphatic carbocycles. The molecule has 32 heavy (non-hydrogen) atoms. The molecule has 8 bridgehead atoms. The van der Waals surface area contributed by atoms with Crippen LogP contribution in [0, 0.1) is 0 Å². The minimum atomic E-state index is 0.896. The van der Waals surface area contributed by atoms with Crippen molar-refractivity contribution in [2.75, 3.05) is 13.1 Å². The number of rotatable bonds is 2. The van der Waals surface area contributed by atoms with E-state index in [0.29, 0.717) is 0 Å². The molecule has 3 aliphatic heterocycles. The molecule has 5 nitrogen and oxygen atoms in total. The standard InChI is InChI=1S/C27H23N5/c1-2-32-13-11-18(12-14-32)27-25-9-7-23(30-25)16-21-5-3-19(28-21)15-20-4-6-22(29-20)17-24-8-10-26(27)31-24/h3-13,15-17,28,30H,2,14H2,1H3. The van der Waals surface area contributed by atoms with E-state index in [0.717, 1.165) is 63.5 Å². The van der Waals surface area contributed by atoms with E-state index in [1.807, 2.05) is 18.2 Å². The fourth-order valence-corrected chi connectivity index (χ4v) is 4.26. The van der Waals surface area contributed by atoms with Gasteiger partial charge in [-0.15, -0.1) is 0 Å². The summed E-state index contributed by atoms with van der Waals surface area (Å²) in [6.07, 6.45) is 14.8. The van der Waals surface area contributed by atoms with Gasteiger partial charge in [0.1, 0.15) is 0 Å². The Labute approximate surface area is 186 Å². The van der Waals surface area contributed by atoms with Crippen LogP contribution in [-0.4, -0.2) is 37.9 Å². The molecule has 0 radical (unpaired) electrons. The van der Waals surface area contributed by atoms with Gasteiger partial charge in [-0.1, -0.05) is 6.08 Å². The summed E-state index contributed by atoms with van der Waals surface area (Å²) in [6.45, 7) is 4.06. The van der Waals surface area contributed by atoms with E-state index in [1.54, 1.807) is 0 Å². The average molecular weight is 418 g/mol. The van der Waals surface area contributed by atoms with Crippen LogP contribution in [0.25, 0.3) is 51.9 Å². The molecule has 0 spiro atoms. The number of aromatic nitrogens is 4. The normalized spacial score (nSPS) is 14.8. The van der Waals surface area contributed by atoms with Gasteiger partial charge < -0.3 is 14.9 Å². The monoisotopic (exact) mass is 417 g/mol. The summed E-state index contributed by atoms with van der Waals surface area (Å²) in [5.41, 5.74) is 10.2. The molecule has 0 saturated carbocycles. The summed E-state index contributed by atoms with van der Waals surface area (Å²) in [6, 6.07) is 14.6. The Bertz CT molecular complexity index is 1490. The maximum Gasteiger partial charge on any atom is 0.0736 e. The Morgan fingerprint density at radius 2 is 1.50 bits per heavy atom. The molecule has 5 heteroatoms. The lowest BCUT2D eigenvalue weighted by Crippen LogP contribution is -2.18. The second-order valence-electron chi connectivity index (χ2n) is 8.12. The van der Waals surface area contributed by atoms with Crippen molar-refractivity contribution in [3.63, 3.8) is 0 Å². The van der Waals surface area contributed by atoms with E-state index in [1.165, 1.54) is 5.57 Å². The molecule has 0 unspecified atom stereocenters. The Kier molecular flexibility index (Phi) is 4.39. The number of aromatic amines is 2. The molecule has 0 amide bonds. The summed E-state index contributed by atoms with van der Waals surface area (Å²) < 4.78 is 0. The van der Waals surface area contributed by atoms with E-state index in [-0.39, 0.29) is 0 Å². The topological polar surface area (TPSA) is 60.6 Å². The summed E-state index contributed by atoms with van der Waals surface area (Å²) in [4.78, 5) is 19.0. The van der Waals surface area contributed by atoms with Crippen LogP contribution >= 0.6 is 0 Å². The van der Waals surface area contributed by atoms with Crippen molar-refractivity contribution < 1.29 is 0 Å². The van der Waals surface area contributed by atoms with Crippen molar-refractivity contribution in [2.45, 2.75) is 6.92 Å². The van der Waals surface area contributed by atoms with Gasteiger partial charge in [-0.3, -0.25) is 0 Å². The number of nitrogens with one attached hydrogen (secondary N) is 2. The van der Waals surface area contributed by atoms with Crippen LogP contribution in [0.15, 0.2) is 60.8 Å². The summed E-state index contributed by atoms with van der Waals surface area (Å²) >= 11 is 0. The second-order valence-corrected chi connectivity index (χ2v) is 8.12. The summed E-state index contributed by atoms with van der Waals surface area (Å²) in [7, 11) is 0. The second kappa shape index (κ2) is 7.54. The van der Waals surface area contributed by atoms with Gasteiger partial charge in [0.25, 0.3) is 0 Å². The van der Waals surface area contributed by atoms with Crippen molar-refractivity contribution in [1.82, 2.24) is 24.8 Å². The average Bonchev–Trinajstić information content (AvgIpc) is 3.60. The summed E-state index contributed by atoms with van der Waals surface area (Å²) in [5.74, 6) is 0. The first-order valence-electron chi connectivity index (χ1n) is 10.9. The number of likely N-dealkylation sites (N-methyl/N-ethyl adjacent to an activating group) is 1. The Hall–Kier alpha value is -4.12. The van der Waals surface area contributed by atoms with Gasteiger partial charge in [0, 0.05) is 40.7 Å². The first-order chi connectivity index (χ1) is 15.7. The number of allylic oxidation sites excluding steroid dienone is 2. The number of fused-ring (bicyclic) bond motifs is 8. The maximum atomic E-state index is 4.95. The first kappa shape index (κ1) is 18.6. The minimum Gasteiger partial charge on any atom is -0.374 e. The van der Waals surface area contributed by atoms with E-state index in [4.69, 9.17) is 9.97 Å². The van der Waals surface area contributed by atoms with Gasteiger partial charge in [0.2, 0.25) is 0 Å². The zero-order chi connectivity index (χ0) is 21.5. The fourth-order valence-electron chi connectivity index (χ4n) is 4.26. The number of nitrogens with zero attached hydrogens (tertiary/aromatic N) is 3. The highest BCUT2D eigenvalue weighted by Crippen LogP contribution is 2.29. The van der Waals surface area contributed by atoms with Crippen LogP contribution in [-0.2, 0) is 0 Å². The molecular formula is C27H23N5. The molecule has 156 valence electrons. The smallest absolute Gasteiger partial charge is 0.0736 e. The van der Waals surface area contributed by atoms with Gasteiger partial charge >= 0.3 is 0 Å². The zero-order valence-electron chi connectivity index (χ0n) is 17.8. The first-order valence-corrected chi connectivity index (χ1v) is 10.9. The molecule has 3 aromatic heterocycles. The number of H-pyrrole nitrogens is 2. The van der Waals surface area contributed by atoms with Crippen LogP contribution in [0.5, 0.6) is 0 Å². The number of hydrogen-bond donors (Lipinski definition) is 2. The lowest BCUT2D eigenvalue weighted by molar-refractivity contribution is 0.437. The largest absolute Gasteiger partial charge is 0.374 e. The van der Waals surface area contributed by atoms with Gasteiger partial charge in [0.05, 0.1) is 22.8 Å². The molecular weight excluding hydrogens is 394 g/mol. The molecule has 0 fully saturated rings. The van der Waals surface area contributed by atoms with Crippen molar-refractivity contribution >= 4 is 51.9 Å². The van der Waals surface area contributed by atoms with Gasteiger partial charge in [-0.2, -0.15) is 0 Å². The molecule has 3 aliphatic rings. The molecule has 0 aromatic carbocycles. The molecule has 0 saturated heterocycles. The van der Waals surface area contributed by atoms with Gasteiger partial charge in [-0.25, -0.2) is 9.97 Å². The van der Waals surface area contributed by atoms with Crippen LogP contribution < -0.4 is 0 Å². The highest BCUT2D eigenvalue weighted by molar-refractivity contribution is 5.91. The predicted molar refractivity (Wildman–Crippen MR) is 133 cm³/mol. The quantitative estimate of drug-likeness (QED) is 0.377. The third-order valence-corrected chi connectivity index (χ3v) is 5.93. The SMILES string of the molecule is CCN1C=CC(c2c3nc(cc4nc(cc5ccc(cc6ccc2[nH]6)[nH]5)C=C4)C=C3)=CC1. The summed E-state index contributed by atoms with van der Waals surface area (Å²) in [5, 5.41) is 0. The Morgan fingerprint density at radius 3 is 2.31 bits per heavy atom. The van der Waals surface area contributed by atoms with E-state index < -0.39 is 0 Å². The lowest BCUT2D eigenvalue weighted by Gasteiger charge is -2.21. The highest BCUT2D eigenvalue weighted by Gasteiger charge is 2.14. The third kappa shape index (κ3) is 3.48. The highest BCUT2D eigenvalue weighted by atomic mass is 15.1. The van der Waals surface area contributed by atoms with Crippen molar-refractivity contribution in [1.29, 1.82) is 0 Å². The lowest BCUT2D eigenvalue weighted by atomic mass is 10.0. The maximum absolute atomic E-state index is 4.95. The van der Waals surface area contributed by atoms with Crippen molar-refractivity contribution in [3.8, 4) is 0 Å².